The van der Waals surface area contributed by atoms with E-state index in [1.54, 1.807) is 0 Å². The van der Waals surface area contributed by atoms with E-state index in [1.807, 2.05) is 6.33 Å². The fraction of sp³-hybridized carbons (Fsp3) is 0.250. The molecule has 2 heterocycles. The summed E-state index contributed by atoms with van der Waals surface area (Å²) in [5, 5.41) is 0. The van der Waals surface area contributed by atoms with Crippen molar-refractivity contribution in [3.05, 3.63) is 108 Å². The lowest BCUT2D eigenvalue weighted by Gasteiger charge is -2.35. The standard InChI is InChI=1S/C28H30N4/c1-2-3-16-30-17-19-31(20-18-30)25-14-15-26-27(21-25)32(22-29-26)28(23-10-6-4-7-11-23)24-12-8-5-9-13-24/h2-15,21-22,28H,16-20H2,1H3/b3-2+. The van der Waals surface area contributed by atoms with Gasteiger partial charge in [0.1, 0.15) is 0 Å². The molecule has 5 rings (SSSR count). The smallest absolute Gasteiger partial charge is 0.0966 e. The van der Waals surface area contributed by atoms with Crippen LogP contribution in [-0.2, 0) is 0 Å². The van der Waals surface area contributed by atoms with Crippen LogP contribution < -0.4 is 4.90 Å². The summed E-state index contributed by atoms with van der Waals surface area (Å²) >= 11 is 0. The molecule has 0 N–H and O–H groups in total. The minimum absolute atomic E-state index is 0.0929. The summed E-state index contributed by atoms with van der Waals surface area (Å²) in [5.41, 5.74) is 6.03. The van der Waals surface area contributed by atoms with Gasteiger partial charge in [-0.2, -0.15) is 0 Å². The highest BCUT2D eigenvalue weighted by molar-refractivity contribution is 5.80. The van der Waals surface area contributed by atoms with Gasteiger partial charge in [0.15, 0.2) is 0 Å². The summed E-state index contributed by atoms with van der Waals surface area (Å²) in [6, 6.07) is 28.2. The van der Waals surface area contributed by atoms with E-state index in [0.717, 1.165) is 38.2 Å². The van der Waals surface area contributed by atoms with Crippen LogP contribution in [0.15, 0.2) is 97.3 Å². The Kier molecular flexibility index (Phi) is 6.04. The average molecular weight is 423 g/mol. The van der Waals surface area contributed by atoms with Gasteiger partial charge in [-0.25, -0.2) is 4.98 Å². The number of imidazole rings is 1. The van der Waals surface area contributed by atoms with E-state index in [4.69, 9.17) is 4.98 Å². The van der Waals surface area contributed by atoms with Gasteiger partial charge < -0.3 is 9.47 Å². The summed E-state index contributed by atoms with van der Waals surface area (Å²) < 4.78 is 2.33. The van der Waals surface area contributed by atoms with Gasteiger partial charge in [-0.05, 0) is 36.2 Å². The van der Waals surface area contributed by atoms with Gasteiger partial charge in [0.05, 0.1) is 23.4 Å². The Bertz CT molecular complexity index is 1130. The molecule has 0 atom stereocenters. The number of allylic oxidation sites excluding steroid dienone is 1. The Labute approximate surface area is 190 Å². The summed E-state index contributed by atoms with van der Waals surface area (Å²) in [7, 11) is 0. The first-order valence-corrected chi connectivity index (χ1v) is 11.5. The first kappa shape index (κ1) is 20.5. The molecule has 0 aliphatic carbocycles. The Morgan fingerprint density at radius 1 is 0.844 bits per heavy atom. The molecule has 1 aliphatic heterocycles. The zero-order valence-electron chi connectivity index (χ0n) is 18.6. The first-order valence-electron chi connectivity index (χ1n) is 11.5. The van der Waals surface area contributed by atoms with Crippen LogP contribution in [0.2, 0.25) is 0 Å². The molecular weight excluding hydrogens is 392 g/mol. The molecule has 0 bridgehead atoms. The van der Waals surface area contributed by atoms with E-state index in [-0.39, 0.29) is 6.04 Å². The van der Waals surface area contributed by atoms with E-state index >= 15 is 0 Å². The number of rotatable bonds is 6. The summed E-state index contributed by atoms with van der Waals surface area (Å²) in [6.45, 7) is 7.44. The van der Waals surface area contributed by atoms with Crippen molar-refractivity contribution in [2.24, 2.45) is 0 Å². The number of piperazine rings is 1. The van der Waals surface area contributed by atoms with Crippen LogP contribution in [-0.4, -0.2) is 47.2 Å². The highest BCUT2D eigenvalue weighted by atomic mass is 15.3. The molecule has 1 aromatic heterocycles. The normalized spacial score (nSPS) is 15.2. The Hall–Kier alpha value is -3.37. The third-order valence-electron chi connectivity index (χ3n) is 6.40. The van der Waals surface area contributed by atoms with Gasteiger partial charge in [0.25, 0.3) is 0 Å². The summed E-state index contributed by atoms with van der Waals surface area (Å²) in [5.74, 6) is 0. The first-order chi connectivity index (χ1) is 15.8. The van der Waals surface area contributed by atoms with Crippen LogP contribution in [0.25, 0.3) is 11.0 Å². The second-order valence-electron chi connectivity index (χ2n) is 8.41. The van der Waals surface area contributed by atoms with E-state index in [1.165, 1.54) is 22.3 Å². The molecule has 0 radical (unpaired) electrons. The zero-order chi connectivity index (χ0) is 21.8. The topological polar surface area (TPSA) is 24.3 Å². The molecule has 4 nitrogen and oxygen atoms in total. The fourth-order valence-corrected chi connectivity index (χ4v) is 4.64. The molecule has 0 spiro atoms. The number of benzene rings is 3. The number of anilines is 1. The largest absolute Gasteiger partial charge is 0.369 e. The quantitative estimate of drug-likeness (QED) is 0.390. The van der Waals surface area contributed by atoms with Crippen molar-refractivity contribution in [3.8, 4) is 0 Å². The summed E-state index contributed by atoms with van der Waals surface area (Å²) in [4.78, 5) is 9.77. The third-order valence-corrected chi connectivity index (χ3v) is 6.40. The molecule has 1 fully saturated rings. The molecule has 1 aliphatic rings. The van der Waals surface area contributed by atoms with Crippen LogP contribution in [0.3, 0.4) is 0 Å². The van der Waals surface area contributed by atoms with E-state index in [9.17, 15) is 0 Å². The minimum atomic E-state index is 0.0929. The van der Waals surface area contributed by atoms with Crippen molar-refractivity contribution >= 4 is 16.7 Å². The van der Waals surface area contributed by atoms with Crippen LogP contribution in [0.4, 0.5) is 5.69 Å². The van der Waals surface area contributed by atoms with Crippen LogP contribution >= 0.6 is 0 Å². The number of fused-ring (bicyclic) bond motifs is 1. The predicted octanol–water partition coefficient (Wildman–Crippen LogP) is 5.37. The van der Waals surface area contributed by atoms with Gasteiger partial charge in [0.2, 0.25) is 0 Å². The lowest BCUT2D eigenvalue weighted by Crippen LogP contribution is -2.46. The maximum Gasteiger partial charge on any atom is 0.0966 e. The van der Waals surface area contributed by atoms with Gasteiger partial charge in [-0.15, -0.1) is 0 Å². The van der Waals surface area contributed by atoms with Crippen LogP contribution in [0, 0.1) is 0 Å². The highest BCUT2D eigenvalue weighted by Gasteiger charge is 2.21. The molecule has 32 heavy (non-hydrogen) atoms. The molecule has 4 aromatic rings. The average Bonchev–Trinajstić information content (AvgIpc) is 3.27. The van der Waals surface area contributed by atoms with Crippen molar-refractivity contribution in [3.63, 3.8) is 0 Å². The molecule has 4 heteroatoms. The molecule has 162 valence electrons. The second kappa shape index (κ2) is 9.41. The van der Waals surface area contributed by atoms with Gasteiger partial charge in [-0.1, -0.05) is 72.8 Å². The minimum Gasteiger partial charge on any atom is -0.369 e. The van der Waals surface area contributed by atoms with Crippen molar-refractivity contribution in [1.29, 1.82) is 0 Å². The highest BCUT2D eigenvalue weighted by Crippen LogP contribution is 2.31. The van der Waals surface area contributed by atoms with Crippen LogP contribution in [0.1, 0.15) is 24.1 Å². The van der Waals surface area contributed by atoms with E-state index < -0.39 is 0 Å². The second-order valence-corrected chi connectivity index (χ2v) is 8.41. The molecule has 0 saturated carbocycles. The zero-order valence-corrected chi connectivity index (χ0v) is 18.6. The molecule has 0 amide bonds. The lowest BCUT2D eigenvalue weighted by atomic mass is 9.98. The maximum absolute atomic E-state index is 4.75. The summed E-state index contributed by atoms with van der Waals surface area (Å²) in [6.07, 6.45) is 6.37. The molecule has 0 unspecified atom stereocenters. The number of nitrogens with zero attached hydrogens (tertiary/aromatic N) is 4. The fourth-order valence-electron chi connectivity index (χ4n) is 4.64. The Balaban J connectivity index is 1.49. The number of aromatic nitrogens is 2. The van der Waals surface area contributed by atoms with Crippen molar-refractivity contribution in [1.82, 2.24) is 14.5 Å². The predicted molar refractivity (Wildman–Crippen MR) is 133 cm³/mol. The van der Waals surface area contributed by atoms with Crippen molar-refractivity contribution < 1.29 is 0 Å². The van der Waals surface area contributed by atoms with E-state index in [2.05, 4.69) is 112 Å². The lowest BCUT2D eigenvalue weighted by molar-refractivity contribution is 0.284. The molecular formula is C28H30N4. The maximum atomic E-state index is 4.75. The molecule has 1 saturated heterocycles. The van der Waals surface area contributed by atoms with Gasteiger partial charge >= 0.3 is 0 Å². The number of hydrogen-bond donors (Lipinski definition) is 0. The number of hydrogen-bond acceptors (Lipinski definition) is 3. The SMILES string of the molecule is C/C=C/CN1CCN(c2ccc3ncn(C(c4ccccc4)c4ccccc4)c3c2)CC1. The van der Waals surface area contributed by atoms with Crippen molar-refractivity contribution in [2.75, 3.05) is 37.6 Å². The monoisotopic (exact) mass is 422 g/mol. The van der Waals surface area contributed by atoms with E-state index in [0.29, 0.717) is 0 Å². The van der Waals surface area contributed by atoms with Gasteiger partial charge in [-0.3, -0.25) is 4.90 Å². The molecule has 3 aromatic carbocycles. The Morgan fingerprint density at radius 2 is 1.50 bits per heavy atom. The van der Waals surface area contributed by atoms with Crippen LogP contribution in [0.5, 0.6) is 0 Å². The van der Waals surface area contributed by atoms with Gasteiger partial charge in [0, 0.05) is 38.4 Å². The third kappa shape index (κ3) is 4.19. The Morgan fingerprint density at radius 3 is 2.12 bits per heavy atom. The van der Waals surface area contributed by atoms with Crippen molar-refractivity contribution in [2.45, 2.75) is 13.0 Å².